The van der Waals surface area contributed by atoms with E-state index in [4.69, 9.17) is 0 Å². The number of thioether (sulfide) groups is 1. The van der Waals surface area contributed by atoms with Gasteiger partial charge in [-0.2, -0.15) is 11.8 Å². The molecule has 0 unspecified atom stereocenters. The predicted molar refractivity (Wildman–Crippen MR) is 97.6 cm³/mol. The number of carbonyl (C=O) groups is 2. The maximum atomic E-state index is 11.7. The number of rotatable bonds is 7. The van der Waals surface area contributed by atoms with Gasteiger partial charge in [-0.15, -0.1) is 0 Å². The van der Waals surface area contributed by atoms with Crippen LogP contribution in [0.5, 0.6) is 0 Å². The Hall–Kier alpha value is -1.73. The van der Waals surface area contributed by atoms with Gasteiger partial charge in [-0.3, -0.25) is 9.69 Å². The largest absolute Gasteiger partial charge is 0.480 e. The lowest BCUT2D eigenvalue weighted by molar-refractivity contribution is -0.143. The van der Waals surface area contributed by atoms with Crippen LogP contribution < -0.4 is 10.6 Å². The molecule has 1 saturated heterocycles. The number of hydrogen-bond acceptors (Lipinski definition) is 4. The molecule has 0 aromatic heterocycles. The highest BCUT2D eigenvalue weighted by atomic mass is 32.2. The number of carbonyl (C=O) groups excluding carboxylic acids is 1. The van der Waals surface area contributed by atoms with Crippen LogP contribution >= 0.6 is 11.8 Å². The van der Waals surface area contributed by atoms with Crippen molar-refractivity contribution >= 4 is 29.4 Å². The summed E-state index contributed by atoms with van der Waals surface area (Å²) in [5.74, 6) is 1.09. The van der Waals surface area contributed by atoms with Gasteiger partial charge in [0.1, 0.15) is 6.04 Å². The number of carboxylic acid groups (broad SMARTS) is 1. The molecule has 1 atom stereocenters. The highest BCUT2D eigenvalue weighted by Crippen LogP contribution is 2.25. The Kier molecular flexibility index (Phi) is 7.39. The lowest BCUT2D eigenvalue weighted by atomic mass is 10.0. The number of benzene rings is 1. The zero-order valence-corrected chi connectivity index (χ0v) is 14.8. The zero-order chi connectivity index (χ0) is 17.4. The van der Waals surface area contributed by atoms with E-state index < -0.39 is 12.0 Å². The minimum atomic E-state index is -0.833. The van der Waals surface area contributed by atoms with Crippen LogP contribution in [0.4, 0.5) is 10.5 Å². The third-order valence-electron chi connectivity index (χ3n) is 3.94. The van der Waals surface area contributed by atoms with Gasteiger partial charge >= 0.3 is 12.0 Å². The lowest BCUT2D eigenvalue weighted by Gasteiger charge is -2.32. The van der Waals surface area contributed by atoms with Gasteiger partial charge in [-0.05, 0) is 24.1 Å². The Morgan fingerprint density at radius 1 is 1.25 bits per heavy atom. The maximum Gasteiger partial charge on any atom is 0.325 e. The summed E-state index contributed by atoms with van der Waals surface area (Å²) in [4.78, 5) is 25.4. The second-order valence-corrected chi connectivity index (χ2v) is 6.97. The molecule has 3 N–H and O–H groups in total. The van der Waals surface area contributed by atoms with Crippen molar-refractivity contribution in [1.29, 1.82) is 0 Å². The average molecular weight is 351 g/mol. The highest BCUT2D eigenvalue weighted by molar-refractivity contribution is 7.99. The molecular weight excluding hydrogens is 326 g/mol. The van der Waals surface area contributed by atoms with E-state index in [0.29, 0.717) is 12.2 Å². The van der Waals surface area contributed by atoms with Crippen molar-refractivity contribution in [3.8, 4) is 0 Å². The van der Waals surface area contributed by atoms with Crippen molar-refractivity contribution in [2.24, 2.45) is 0 Å². The molecule has 7 heteroatoms. The smallest absolute Gasteiger partial charge is 0.325 e. The van der Waals surface area contributed by atoms with E-state index in [0.717, 1.165) is 43.0 Å². The molecule has 1 aliphatic heterocycles. The summed E-state index contributed by atoms with van der Waals surface area (Å²) in [5, 5.41) is 15.1. The molecule has 1 fully saturated rings. The molecule has 2 amide bonds. The molecule has 132 valence electrons. The van der Waals surface area contributed by atoms with E-state index in [2.05, 4.69) is 17.6 Å². The second-order valence-electron chi connectivity index (χ2n) is 5.75. The van der Waals surface area contributed by atoms with Crippen molar-refractivity contribution in [3.05, 3.63) is 29.8 Å². The summed E-state index contributed by atoms with van der Waals surface area (Å²) >= 11 is 1.85. The van der Waals surface area contributed by atoms with Crippen LogP contribution in [0.2, 0.25) is 0 Å². The Bertz CT molecular complexity index is 545. The average Bonchev–Trinajstić information content (AvgIpc) is 2.57. The highest BCUT2D eigenvalue weighted by Gasteiger charge is 2.28. The zero-order valence-electron chi connectivity index (χ0n) is 14.0. The van der Waals surface area contributed by atoms with Gasteiger partial charge in [-0.1, -0.05) is 25.5 Å². The number of nitrogens with zero attached hydrogens (tertiary/aromatic N) is 1. The Labute approximate surface area is 147 Å². The van der Waals surface area contributed by atoms with Crippen molar-refractivity contribution in [2.75, 3.05) is 36.5 Å². The van der Waals surface area contributed by atoms with Crippen LogP contribution in [-0.4, -0.2) is 53.1 Å². The van der Waals surface area contributed by atoms with E-state index in [-0.39, 0.29) is 6.03 Å². The molecule has 2 rings (SSSR count). The van der Waals surface area contributed by atoms with Gasteiger partial charge in [0, 0.05) is 36.8 Å². The number of nitrogens with one attached hydrogen (secondary N) is 2. The Morgan fingerprint density at radius 2 is 1.92 bits per heavy atom. The summed E-state index contributed by atoms with van der Waals surface area (Å²) < 4.78 is 0. The van der Waals surface area contributed by atoms with Crippen molar-refractivity contribution < 1.29 is 14.7 Å². The maximum absolute atomic E-state index is 11.7. The van der Waals surface area contributed by atoms with Gasteiger partial charge in [0.2, 0.25) is 0 Å². The molecule has 0 saturated carbocycles. The molecule has 0 radical (unpaired) electrons. The summed E-state index contributed by atoms with van der Waals surface area (Å²) in [6.07, 6.45) is 1.97. The molecular formula is C17H25N3O3S. The fourth-order valence-electron chi connectivity index (χ4n) is 2.65. The Balaban J connectivity index is 1.98. The topological polar surface area (TPSA) is 81.7 Å². The van der Waals surface area contributed by atoms with Gasteiger partial charge in [0.15, 0.2) is 0 Å². The molecule has 0 bridgehead atoms. The summed E-state index contributed by atoms with van der Waals surface area (Å²) in [7, 11) is 0. The molecule has 1 heterocycles. The van der Waals surface area contributed by atoms with Crippen LogP contribution in [-0.2, 0) is 4.79 Å². The SMILES string of the molecule is CCCCNC(=O)Nc1ccc([C@H](C(=O)O)N2CCSCC2)cc1. The minimum absolute atomic E-state index is 0.237. The minimum Gasteiger partial charge on any atom is -0.480 e. The standard InChI is InChI=1S/C17H25N3O3S/c1-2-3-8-18-17(23)19-14-6-4-13(5-7-14)15(16(21)22)20-9-11-24-12-10-20/h4-7,15H,2-3,8-12H2,1H3,(H,21,22)(H2,18,19,23)/t15-/m1/s1. The quantitative estimate of drug-likeness (QED) is 0.658. The van der Waals surface area contributed by atoms with Gasteiger partial charge in [-0.25, -0.2) is 4.79 Å². The van der Waals surface area contributed by atoms with E-state index in [1.807, 2.05) is 16.7 Å². The fraction of sp³-hybridized carbons (Fsp3) is 0.529. The molecule has 0 spiro atoms. The van der Waals surface area contributed by atoms with Gasteiger partial charge in [0.25, 0.3) is 0 Å². The van der Waals surface area contributed by atoms with Crippen molar-refractivity contribution in [3.63, 3.8) is 0 Å². The fourth-order valence-corrected chi connectivity index (χ4v) is 3.58. The number of hydrogen-bond donors (Lipinski definition) is 3. The first kappa shape index (κ1) is 18.6. The number of aliphatic carboxylic acids is 1. The van der Waals surface area contributed by atoms with Crippen molar-refractivity contribution in [2.45, 2.75) is 25.8 Å². The lowest BCUT2D eigenvalue weighted by Crippen LogP contribution is -2.39. The molecule has 24 heavy (non-hydrogen) atoms. The van der Waals surface area contributed by atoms with Gasteiger partial charge < -0.3 is 15.7 Å². The van der Waals surface area contributed by atoms with Crippen LogP contribution in [0, 0.1) is 0 Å². The molecule has 6 nitrogen and oxygen atoms in total. The summed E-state index contributed by atoms with van der Waals surface area (Å²) in [5.41, 5.74) is 1.40. The number of anilines is 1. The van der Waals surface area contributed by atoms with E-state index in [9.17, 15) is 14.7 Å². The Morgan fingerprint density at radius 3 is 2.50 bits per heavy atom. The monoisotopic (exact) mass is 351 g/mol. The first-order chi connectivity index (χ1) is 11.6. The van der Waals surface area contributed by atoms with Crippen LogP contribution in [0.15, 0.2) is 24.3 Å². The van der Waals surface area contributed by atoms with E-state index >= 15 is 0 Å². The number of amides is 2. The van der Waals surface area contributed by atoms with E-state index in [1.165, 1.54) is 0 Å². The third kappa shape index (κ3) is 5.42. The molecule has 0 aliphatic carbocycles. The predicted octanol–water partition coefficient (Wildman–Crippen LogP) is 2.78. The van der Waals surface area contributed by atoms with Crippen LogP contribution in [0.25, 0.3) is 0 Å². The molecule has 1 aromatic carbocycles. The molecule has 1 aliphatic rings. The number of unbranched alkanes of at least 4 members (excludes halogenated alkanes) is 1. The first-order valence-electron chi connectivity index (χ1n) is 8.31. The summed E-state index contributed by atoms with van der Waals surface area (Å²) in [6, 6.07) is 6.20. The summed E-state index contributed by atoms with van der Waals surface area (Å²) in [6.45, 7) is 4.27. The number of carboxylic acids is 1. The van der Waals surface area contributed by atoms with Crippen LogP contribution in [0.3, 0.4) is 0 Å². The second kappa shape index (κ2) is 9.54. The van der Waals surface area contributed by atoms with E-state index in [1.54, 1.807) is 24.3 Å². The molecule has 1 aromatic rings. The number of urea groups is 1. The first-order valence-corrected chi connectivity index (χ1v) is 9.46. The van der Waals surface area contributed by atoms with Crippen molar-refractivity contribution in [1.82, 2.24) is 10.2 Å². The third-order valence-corrected chi connectivity index (χ3v) is 4.89. The van der Waals surface area contributed by atoms with Crippen LogP contribution in [0.1, 0.15) is 31.4 Å². The van der Waals surface area contributed by atoms with Gasteiger partial charge in [0.05, 0.1) is 0 Å². The normalized spacial score (nSPS) is 16.4.